The van der Waals surface area contributed by atoms with Gasteiger partial charge in [-0.15, -0.1) is 0 Å². The van der Waals surface area contributed by atoms with Crippen LogP contribution in [0.5, 0.6) is 5.75 Å². The molecule has 0 bridgehead atoms. The van der Waals surface area contributed by atoms with Crippen molar-refractivity contribution < 1.29 is 4.74 Å². The zero-order valence-corrected chi connectivity index (χ0v) is 14.0. The van der Waals surface area contributed by atoms with Crippen molar-refractivity contribution >= 4 is 11.3 Å². The van der Waals surface area contributed by atoms with Gasteiger partial charge in [-0.3, -0.25) is 0 Å². The van der Waals surface area contributed by atoms with Gasteiger partial charge in [0.2, 0.25) is 0 Å². The number of nitrogens with zero attached hydrogens (tertiary/aromatic N) is 2. The summed E-state index contributed by atoms with van der Waals surface area (Å²) in [5.74, 6) is 0.771. The summed E-state index contributed by atoms with van der Waals surface area (Å²) in [7, 11) is 0. The van der Waals surface area contributed by atoms with Gasteiger partial charge in [0.15, 0.2) is 11.4 Å². The van der Waals surface area contributed by atoms with E-state index >= 15 is 0 Å². The fourth-order valence-corrected chi connectivity index (χ4v) is 2.82. The van der Waals surface area contributed by atoms with E-state index in [-0.39, 0.29) is 0 Å². The van der Waals surface area contributed by atoms with Gasteiger partial charge in [0.25, 0.3) is 0 Å². The van der Waals surface area contributed by atoms with Crippen LogP contribution in [0.25, 0.3) is 16.9 Å². The highest BCUT2D eigenvalue weighted by Crippen LogP contribution is 2.26. The zero-order valence-electron chi connectivity index (χ0n) is 14.0. The Bertz CT molecular complexity index is 1020. The van der Waals surface area contributed by atoms with Gasteiger partial charge in [-0.1, -0.05) is 36.4 Å². The average molecular weight is 329 g/mol. The van der Waals surface area contributed by atoms with Crippen LogP contribution >= 0.6 is 0 Å². The summed E-state index contributed by atoms with van der Waals surface area (Å²) < 4.78 is 8.04. The molecule has 4 aromatic rings. The maximum absolute atomic E-state index is 6.05. The molecule has 2 aromatic heterocycles. The van der Waals surface area contributed by atoms with Crippen molar-refractivity contribution in [2.75, 3.05) is 5.73 Å². The number of nitrogens with two attached hydrogens (primary N) is 1. The van der Waals surface area contributed by atoms with Gasteiger partial charge in [-0.25, -0.2) is 4.98 Å². The minimum absolute atomic E-state index is 0.524. The van der Waals surface area contributed by atoms with E-state index in [1.165, 1.54) is 11.1 Å². The highest BCUT2D eigenvalue weighted by molar-refractivity contribution is 5.67. The Labute approximate surface area is 146 Å². The third kappa shape index (κ3) is 3.06. The number of imidazole rings is 1. The number of pyridine rings is 1. The second kappa shape index (κ2) is 6.32. The number of aryl methyl sites for hydroxylation is 1. The van der Waals surface area contributed by atoms with E-state index in [2.05, 4.69) is 19.1 Å². The molecule has 4 nitrogen and oxygen atoms in total. The summed E-state index contributed by atoms with van der Waals surface area (Å²) >= 11 is 0. The Kier molecular flexibility index (Phi) is 3.86. The average Bonchev–Trinajstić information content (AvgIpc) is 3.06. The smallest absolute Gasteiger partial charge is 0.180 e. The van der Waals surface area contributed by atoms with E-state index in [1.54, 1.807) is 0 Å². The first-order valence-corrected chi connectivity index (χ1v) is 8.21. The van der Waals surface area contributed by atoms with Crippen molar-refractivity contribution in [2.24, 2.45) is 0 Å². The van der Waals surface area contributed by atoms with E-state index < -0.39 is 0 Å². The molecule has 0 spiro atoms. The van der Waals surface area contributed by atoms with Gasteiger partial charge in [0, 0.05) is 23.6 Å². The van der Waals surface area contributed by atoms with Gasteiger partial charge in [0.1, 0.15) is 6.61 Å². The van der Waals surface area contributed by atoms with Gasteiger partial charge < -0.3 is 14.9 Å². The van der Waals surface area contributed by atoms with E-state index in [0.717, 1.165) is 28.3 Å². The summed E-state index contributed by atoms with van der Waals surface area (Å²) in [4.78, 5) is 4.74. The zero-order chi connectivity index (χ0) is 17.2. The number of benzene rings is 2. The van der Waals surface area contributed by atoms with Crippen LogP contribution in [-0.2, 0) is 6.61 Å². The van der Waals surface area contributed by atoms with Crippen molar-refractivity contribution in [2.45, 2.75) is 13.5 Å². The third-order valence-electron chi connectivity index (χ3n) is 4.30. The predicted molar refractivity (Wildman–Crippen MR) is 101 cm³/mol. The summed E-state index contributed by atoms with van der Waals surface area (Å²) in [5, 5.41) is 0. The van der Waals surface area contributed by atoms with Crippen LogP contribution in [-0.4, -0.2) is 9.38 Å². The molecule has 0 saturated heterocycles. The molecule has 0 unspecified atom stereocenters. The number of aromatic nitrogens is 2. The lowest BCUT2D eigenvalue weighted by atomic mass is 10.1. The van der Waals surface area contributed by atoms with E-state index in [1.807, 2.05) is 65.3 Å². The van der Waals surface area contributed by atoms with Crippen LogP contribution in [0.4, 0.5) is 5.69 Å². The molecule has 0 aliphatic rings. The molecule has 2 N–H and O–H groups in total. The Balaban J connectivity index is 1.66. The number of anilines is 1. The number of hydrogen-bond acceptors (Lipinski definition) is 3. The minimum atomic E-state index is 0.524. The molecule has 0 saturated carbocycles. The lowest BCUT2D eigenvalue weighted by molar-refractivity contribution is 0.307. The molecule has 124 valence electrons. The Morgan fingerprint density at radius 3 is 2.60 bits per heavy atom. The number of nitrogen functional groups attached to an aromatic ring is 1. The number of fused-ring (bicyclic) bond motifs is 1. The SMILES string of the molecule is Cc1ccccc1COc1cccn2cc(-c3ccc(N)cc3)nc12. The fraction of sp³-hybridized carbons (Fsp3) is 0.0952. The highest BCUT2D eigenvalue weighted by Gasteiger charge is 2.09. The predicted octanol–water partition coefficient (Wildman–Crippen LogP) is 4.47. The molecule has 2 heterocycles. The molecule has 25 heavy (non-hydrogen) atoms. The van der Waals surface area contributed by atoms with E-state index in [9.17, 15) is 0 Å². The van der Waals surface area contributed by atoms with Crippen molar-refractivity contribution in [3.05, 3.63) is 84.2 Å². The maximum Gasteiger partial charge on any atom is 0.180 e. The van der Waals surface area contributed by atoms with Crippen LogP contribution in [0.1, 0.15) is 11.1 Å². The van der Waals surface area contributed by atoms with Gasteiger partial charge in [-0.05, 0) is 42.3 Å². The van der Waals surface area contributed by atoms with Gasteiger partial charge in [0.05, 0.1) is 5.69 Å². The quantitative estimate of drug-likeness (QED) is 0.562. The highest BCUT2D eigenvalue weighted by atomic mass is 16.5. The molecule has 0 amide bonds. The van der Waals surface area contributed by atoms with E-state index in [4.69, 9.17) is 15.5 Å². The monoisotopic (exact) mass is 329 g/mol. The molecule has 2 aromatic carbocycles. The molecule has 0 atom stereocenters. The second-order valence-corrected chi connectivity index (χ2v) is 6.07. The summed E-state index contributed by atoms with van der Waals surface area (Å²) in [5.41, 5.74) is 11.6. The molecule has 0 radical (unpaired) electrons. The van der Waals surface area contributed by atoms with Crippen LogP contribution in [0.3, 0.4) is 0 Å². The second-order valence-electron chi connectivity index (χ2n) is 6.07. The first kappa shape index (κ1) is 15.3. The number of ether oxygens (including phenoxy) is 1. The third-order valence-corrected chi connectivity index (χ3v) is 4.30. The van der Waals surface area contributed by atoms with Gasteiger partial charge in [-0.2, -0.15) is 0 Å². The number of hydrogen-bond donors (Lipinski definition) is 1. The lowest BCUT2D eigenvalue weighted by Crippen LogP contribution is -1.99. The van der Waals surface area contributed by atoms with Gasteiger partial charge >= 0.3 is 0 Å². The first-order valence-electron chi connectivity index (χ1n) is 8.21. The summed E-state index contributed by atoms with van der Waals surface area (Å²) in [6, 6.07) is 19.9. The van der Waals surface area contributed by atoms with Crippen molar-refractivity contribution in [3.8, 4) is 17.0 Å². The normalized spacial score (nSPS) is 10.9. The fourth-order valence-electron chi connectivity index (χ4n) is 2.82. The van der Waals surface area contributed by atoms with Crippen LogP contribution in [0, 0.1) is 6.92 Å². The Morgan fingerprint density at radius 2 is 1.80 bits per heavy atom. The topological polar surface area (TPSA) is 52.5 Å². The van der Waals surface area contributed by atoms with E-state index in [0.29, 0.717) is 6.61 Å². The number of rotatable bonds is 4. The van der Waals surface area contributed by atoms with Crippen molar-refractivity contribution in [1.82, 2.24) is 9.38 Å². The Morgan fingerprint density at radius 1 is 1.00 bits per heavy atom. The van der Waals surface area contributed by atoms with Crippen LogP contribution in [0.2, 0.25) is 0 Å². The molecule has 4 rings (SSSR count). The van der Waals surface area contributed by atoms with Crippen molar-refractivity contribution in [1.29, 1.82) is 0 Å². The molecule has 0 fully saturated rings. The molecule has 0 aliphatic heterocycles. The Hall–Kier alpha value is -3.27. The lowest BCUT2D eigenvalue weighted by Gasteiger charge is -2.09. The van der Waals surface area contributed by atoms with Crippen LogP contribution in [0.15, 0.2) is 73.1 Å². The first-order chi connectivity index (χ1) is 12.2. The summed E-state index contributed by atoms with van der Waals surface area (Å²) in [6.07, 6.45) is 3.98. The van der Waals surface area contributed by atoms with Crippen LogP contribution < -0.4 is 10.5 Å². The molecular weight excluding hydrogens is 310 g/mol. The molecular formula is C21H19N3O. The van der Waals surface area contributed by atoms with Crippen molar-refractivity contribution in [3.63, 3.8) is 0 Å². The molecule has 0 aliphatic carbocycles. The molecule has 4 heteroatoms. The summed E-state index contributed by atoms with van der Waals surface area (Å²) in [6.45, 7) is 2.62. The largest absolute Gasteiger partial charge is 0.485 e. The minimum Gasteiger partial charge on any atom is -0.485 e. The maximum atomic E-state index is 6.05. The standard InChI is InChI=1S/C21H19N3O/c1-15-5-2-3-6-17(15)14-25-20-7-4-12-24-13-19(23-21(20)24)16-8-10-18(22)11-9-16/h2-13H,14,22H2,1H3.